The molecule has 0 spiro atoms. The summed E-state index contributed by atoms with van der Waals surface area (Å²) in [6.45, 7) is 0. The predicted molar refractivity (Wildman–Crippen MR) is 95.6 cm³/mol. The van der Waals surface area contributed by atoms with Crippen LogP contribution < -0.4 is 0 Å². The number of hydrogen-bond donors (Lipinski definition) is 0. The Morgan fingerprint density at radius 3 is 1.28 bits per heavy atom. The molecule has 0 saturated carbocycles. The Bertz CT molecular complexity index is 286. The molecule has 0 fully saturated rings. The van der Waals surface area contributed by atoms with Crippen molar-refractivity contribution in [3.63, 3.8) is 0 Å². The van der Waals surface area contributed by atoms with Gasteiger partial charge in [-0.2, -0.15) is 0 Å². The van der Waals surface area contributed by atoms with E-state index in [0.29, 0.717) is 7.47 Å². The second-order valence-electron chi connectivity index (χ2n) is 4.38. The van der Waals surface area contributed by atoms with Crippen LogP contribution in [0.2, 0.25) is 0 Å². The highest BCUT2D eigenvalue weighted by molar-refractivity contribution is 9.25. The molecule has 0 bridgehead atoms. The largest absolute Gasteiger partial charge is 0.0765 e. The van der Waals surface area contributed by atoms with Gasteiger partial charge in [-0.25, -0.2) is 0 Å². The summed E-state index contributed by atoms with van der Waals surface area (Å²) in [6.07, 6.45) is 7.10. The van der Waals surface area contributed by atoms with Gasteiger partial charge in [-0.15, -0.1) is 0 Å². The first-order chi connectivity index (χ1) is 8.58. The second-order valence-corrected chi connectivity index (χ2v) is 11.3. The van der Waals surface area contributed by atoms with Crippen LogP contribution in [0.15, 0.2) is 24.3 Å². The van der Waals surface area contributed by atoms with E-state index in [-0.39, 0.29) is 0 Å². The Kier molecular flexibility index (Phi) is 9.51. The van der Waals surface area contributed by atoms with E-state index in [2.05, 4.69) is 88.0 Å². The van der Waals surface area contributed by atoms with Gasteiger partial charge in [0.2, 0.25) is 0 Å². The zero-order valence-corrected chi connectivity index (χ0v) is 16.6. The van der Waals surface area contributed by atoms with Gasteiger partial charge >= 0.3 is 0 Å². The molecule has 0 amide bonds. The van der Waals surface area contributed by atoms with Gasteiger partial charge in [-0.3, -0.25) is 0 Å². The predicted octanol–water partition coefficient (Wildman–Crippen LogP) is 6.56. The van der Waals surface area contributed by atoms with E-state index in [1.165, 1.54) is 49.7 Å². The SMILES string of the molecule is BrC(Br)CCCc1ccc(CCCC(Br)Br)cc1. The number of alkyl halides is 4. The van der Waals surface area contributed by atoms with Crippen molar-refractivity contribution in [2.45, 2.75) is 46.0 Å². The van der Waals surface area contributed by atoms with Crippen molar-refractivity contribution in [2.75, 3.05) is 0 Å². The minimum atomic E-state index is 0.450. The molecule has 0 unspecified atom stereocenters. The summed E-state index contributed by atoms with van der Waals surface area (Å²) in [5.74, 6) is 0. The Balaban J connectivity index is 2.28. The van der Waals surface area contributed by atoms with Crippen LogP contribution in [0.1, 0.15) is 36.8 Å². The lowest BCUT2D eigenvalue weighted by atomic mass is 10.0. The fourth-order valence-corrected chi connectivity index (χ4v) is 3.09. The van der Waals surface area contributed by atoms with Crippen LogP contribution in [0.3, 0.4) is 0 Å². The van der Waals surface area contributed by atoms with Gasteiger partial charge < -0.3 is 0 Å². The van der Waals surface area contributed by atoms with E-state index in [1.807, 2.05) is 0 Å². The third-order valence-corrected chi connectivity index (χ3v) is 4.63. The Hall–Kier alpha value is 1.14. The molecule has 1 aromatic carbocycles. The van der Waals surface area contributed by atoms with Crippen molar-refractivity contribution < 1.29 is 0 Å². The lowest BCUT2D eigenvalue weighted by Gasteiger charge is -2.05. The molecular formula is C14H18Br4. The first kappa shape index (κ1) is 17.2. The summed E-state index contributed by atoms with van der Waals surface area (Å²) in [7, 11) is 0. The lowest BCUT2D eigenvalue weighted by molar-refractivity contribution is 0.784. The number of hydrogen-bond acceptors (Lipinski definition) is 0. The average Bonchev–Trinajstić information content (AvgIpc) is 2.30. The molecule has 1 rings (SSSR count). The maximum absolute atomic E-state index is 3.51. The second kappa shape index (κ2) is 9.95. The molecular weight excluding hydrogens is 488 g/mol. The maximum atomic E-state index is 3.51. The number of benzene rings is 1. The van der Waals surface area contributed by atoms with E-state index in [4.69, 9.17) is 0 Å². The molecule has 0 N–H and O–H groups in total. The number of rotatable bonds is 8. The molecule has 0 aliphatic rings. The van der Waals surface area contributed by atoms with Crippen LogP contribution in [-0.4, -0.2) is 7.47 Å². The Morgan fingerprint density at radius 1 is 0.667 bits per heavy atom. The minimum absolute atomic E-state index is 0.450. The van der Waals surface area contributed by atoms with Crippen molar-refractivity contribution in [3.8, 4) is 0 Å². The molecule has 0 aliphatic carbocycles. The maximum Gasteiger partial charge on any atom is 0.0698 e. The molecule has 1 aromatic rings. The van der Waals surface area contributed by atoms with Gasteiger partial charge in [0.1, 0.15) is 0 Å². The molecule has 0 atom stereocenters. The van der Waals surface area contributed by atoms with Gasteiger partial charge in [0, 0.05) is 0 Å². The highest BCUT2D eigenvalue weighted by Gasteiger charge is 2.01. The summed E-state index contributed by atoms with van der Waals surface area (Å²) in [4.78, 5) is 0. The van der Waals surface area contributed by atoms with E-state index in [1.54, 1.807) is 0 Å². The Morgan fingerprint density at radius 2 is 1.00 bits per heavy atom. The van der Waals surface area contributed by atoms with E-state index >= 15 is 0 Å². The number of aryl methyl sites for hydroxylation is 2. The molecule has 0 radical (unpaired) electrons. The zero-order chi connectivity index (χ0) is 13.4. The monoisotopic (exact) mass is 502 g/mol. The van der Waals surface area contributed by atoms with Gasteiger partial charge in [-0.05, 0) is 49.7 Å². The van der Waals surface area contributed by atoms with Crippen molar-refractivity contribution in [3.05, 3.63) is 35.4 Å². The summed E-state index contributed by atoms with van der Waals surface area (Å²) in [5.41, 5.74) is 2.89. The van der Waals surface area contributed by atoms with Gasteiger partial charge in [0.05, 0.1) is 7.47 Å². The van der Waals surface area contributed by atoms with Gasteiger partial charge in [-0.1, -0.05) is 88.0 Å². The lowest BCUT2D eigenvalue weighted by Crippen LogP contribution is -1.92. The molecule has 0 nitrogen and oxygen atoms in total. The fourth-order valence-electron chi connectivity index (χ4n) is 1.79. The third kappa shape index (κ3) is 8.34. The summed E-state index contributed by atoms with van der Waals surface area (Å²) < 4.78 is 0.899. The minimum Gasteiger partial charge on any atom is -0.0765 e. The summed E-state index contributed by atoms with van der Waals surface area (Å²) in [6, 6.07) is 9.08. The van der Waals surface area contributed by atoms with Crippen LogP contribution in [-0.2, 0) is 12.8 Å². The smallest absolute Gasteiger partial charge is 0.0698 e. The van der Waals surface area contributed by atoms with E-state index in [0.717, 1.165) is 0 Å². The van der Waals surface area contributed by atoms with Crippen molar-refractivity contribution in [1.82, 2.24) is 0 Å². The molecule has 4 heteroatoms. The van der Waals surface area contributed by atoms with Crippen LogP contribution in [0, 0.1) is 0 Å². The standard InChI is InChI=1S/C14H18Br4/c15-13(16)5-1-3-11-7-9-12(10-8-11)4-2-6-14(17)18/h7-10,13-14H,1-6H2. The van der Waals surface area contributed by atoms with Crippen LogP contribution in [0.25, 0.3) is 0 Å². The van der Waals surface area contributed by atoms with Crippen molar-refractivity contribution in [2.24, 2.45) is 0 Å². The molecule has 18 heavy (non-hydrogen) atoms. The van der Waals surface area contributed by atoms with E-state index in [9.17, 15) is 0 Å². The summed E-state index contributed by atoms with van der Waals surface area (Å²) in [5, 5.41) is 0. The quantitative estimate of drug-likeness (QED) is 0.351. The average molecular weight is 506 g/mol. The molecule has 0 aliphatic heterocycles. The Labute approximate surface area is 144 Å². The first-order valence-corrected chi connectivity index (χ1v) is 9.88. The molecule has 0 heterocycles. The van der Waals surface area contributed by atoms with Gasteiger partial charge in [0.15, 0.2) is 0 Å². The van der Waals surface area contributed by atoms with Crippen molar-refractivity contribution in [1.29, 1.82) is 0 Å². The number of halogens is 4. The fraction of sp³-hybridized carbons (Fsp3) is 0.571. The first-order valence-electron chi connectivity index (χ1n) is 6.22. The zero-order valence-electron chi connectivity index (χ0n) is 10.2. The van der Waals surface area contributed by atoms with Crippen LogP contribution in [0.5, 0.6) is 0 Å². The molecule has 102 valence electrons. The highest BCUT2D eigenvalue weighted by Crippen LogP contribution is 2.18. The third-order valence-electron chi connectivity index (χ3n) is 2.80. The van der Waals surface area contributed by atoms with Crippen LogP contribution >= 0.6 is 63.7 Å². The van der Waals surface area contributed by atoms with Gasteiger partial charge in [0.25, 0.3) is 0 Å². The normalized spacial score (nSPS) is 11.4. The highest BCUT2D eigenvalue weighted by atomic mass is 79.9. The summed E-state index contributed by atoms with van der Waals surface area (Å²) >= 11 is 14.0. The topological polar surface area (TPSA) is 0 Å². The molecule has 0 saturated heterocycles. The van der Waals surface area contributed by atoms with Crippen molar-refractivity contribution >= 4 is 63.7 Å². The molecule has 0 aromatic heterocycles. The van der Waals surface area contributed by atoms with E-state index < -0.39 is 0 Å². The van der Waals surface area contributed by atoms with Crippen LogP contribution in [0.4, 0.5) is 0 Å².